The van der Waals surface area contributed by atoms with Crippen LogP contribution in [0.1, 0.15) is 77.2 Å². The van der Waals surface area contributed by atoms with Crippen LogP contribution in [-0.4, -0.2) is 64.9 Å². The number of likely N-dealkylation sites (N-methyl/N-ethyl adjacent to an activating group) is 1. The molecule has 0 fully saturated rings. The van der Waals surface area contributed by atoms with Gasteiger partial charge in [0.15, 0.2) is 0 Å². The van der Waals surface area contributed by atoms with Crippen LogP contribution < -0.4 is 21.3 Å². The molecular formula is C29H43N5O6. The largest absolute Gasteiger partial charge is 0.481 e. The molecule has 3 atom stereocenters. The molecule has 220 valence electrons. The van der Waals surface area contributed by atoms with Gasteiger partial charge in [0.1, 0.15) is 18.1 Å². The molecule has 11 heteroatoms. The van der Waals surface area contributed by atoms with Crippen molar-refractivity contribution in [1.82, 2.24) is 26.3 Å². The molecule has 0 aliphatic carbocycles. The zero-order chi connectivity index (χ0) is 29.5. The summed E-state index contributed by atoms with van der Waals surface area (Å²) >= 11 is 0. The van der Waals surface area contributed by atoms with Gasteiger partial charge in [-0.05, 0) is 25.0 Å². The summed E-state index contributed by atoms with van der Waals surface area (Å²) in [6.07, 6.45) is 9.16. The van der Waals surface area contributed by atoms with E-state index in [1.165, 1.54) is 33.2 Å². The first kappa shape index (κ1) is 32.3. The number of fused-ring (bicyclic) bond motifs is 1. The summed E-state index contributed by atoms with van der Waals surface area (Å²) in [5.41, 5.74) is 1.74. The first-order valence-corrected chi connectivity index (χ1v) is 14.0. The quantitative estimate of drug-likeness (QED) is 0.154. The second-order valence-corrected chi connectivity index (χ2v) is 10.1. The fourth-order valence-corrected chi connectivity index (χ4v) is 4.47. The SMILES string of the molecule is CCCCCCCCCC(=O)NC(Cc1c[nH]c2ccccc12)C(=O)NC(C)C(=O)NC(CC(=O)O)C(=O)NC. The van der Waals surface area contributed by atoms with Gasteiger partial charge in [0, 0.05) is 37.0 Å². The van der Waals surface area contributed by atoms with Gasteiger partial charge in [-0.15, -0.1) is 0 Å². The van der Waals surface area contributed by atoms with Crippen LogP contribution in [0, 0.1) is 0 Å². The molecule has 0 aliphatic rings. The number of H-pyrrole nitrogens is 1. The maximum Gasteiger partial charge on any atom is 0.305 e. The Hall–Kier alpha value is -3.89. The lowest BCUT2D eigenvalue weighted by atomic mass is 10.0. The minimum absolute atomic E-state index is 0.201. The monoisotopic (exact) mass is 557 g/mol. The number of carbonyl (C=O) groups is 5. The number of unbranched alkanes of at least 4 members (excludes halogenated alkanes) is 6. The fourth-order valence-electron chi connectivity index (χ4n) is 4.47. The fraction of sp³-hybridized carbons (Fsp3) is 0.552. The van der Waals surface area contributed by atoms with E-state index in [1.54, 1.807) is 6.20 Å². The van der Waals surface area contributed by atoms with Crippen LogP contribution in [0.15, 0.2) is 30.5 Å². The molecule has 6 N–H and O–H groups in total. The van der Waals surface area contributed by atoms with Gasteiger partial charge >= 0.3 is 5.97 Å². The third-order valence-electron chi connectivity index (χ3n) is 6.77. The van der Waals surface area contributed by atoms with Crippen LogP contribution in [0.5, 0.6) is 0 Å². The lowest BCUT2D eigenvalue weighted by Crippen LogP contribution is -2.56. The smallest absolute Gasteiger partial charge is 0.305 e. The van der Waals surface area contributed by atoms with Crippen LogP contribution in [0.2, 0.25) is 0 Å². The highest BCUT2D eigenvalue weighted by molar-refractivity contribution is 5.95. The minimum Gasteiger partial charge on any atom is -0.481 e. The Morgan fingerprint density at radius 2 is 1.52 bits per heavy atom. The zero-order valence-corrected chi connectivity index (χ0v) is 23.7. The van der Waals surface area contributed by atoms with E-state index in [-0.39, 0.29) is 12.3 Å². The third kappa shape index (κ3) is 10.7. The van der Waals surface area contributed by atoms with Crippen LogP contribution in [0.4, 0.5) is 0 Å². The number of aromatic nitrogens is 1. The van der Waals surface area contributed by atoms with Crippen LogP contribution >= 0.6 is 0 Å². The highest BCUT2D eigenvalue weighted by Crippen LogP contribution is 2.19. The van der Waals surface area contributed by atoms with E-state index in [0.717, 1.165) is 42.1 Å². The standard InChI is InChI=1S/C29H43N5O6/c1-4-5-6-7-8-9-10-15-25(35)33-23(16-20-18-31-22-14-12-11-13-21(20)22)29(40)32-19(2)27(38)34-24(17-26(36)37)28(39)30-3/h11-14,18-19,23-24,31H,4-10,15-17H2,1-3H3,(H,30,39)(H,32,40)(H,33,35)(H,34,38)(H,36,37). The summed E-state index contributed by atoms with van der Waals surface area (Å²) in [5, 5.41) is 20.1. The second kappa shape index (κ2) is 16.9. The van der Waals surface area contributed by atoms with Crippen molar-refractivity contribution in [2.45, 2.75) is 96.2 Å². The lowest BCUT2D eigenvalue weighted by molar-refractivity contribution is -0.141. The number of benzene rings is 1. The molecule has 4 amide bonds. The number of aliphatic carboxylic acids is 1. The Morgan fingerprint density at radius 3 is 2.20 bits per heavy atom. The molecule has 0 saturated carbocycles. The molecule has 1 heterocycles. The maximum absolute atomic E-state index is 13.3. The topological polar surface area (TPSA) is 169 Å². The summed E-state index contributed by atoms with van der Waals surface area (Å²) in [4.78, 5) is 65.0. The molecule has 2 aromatic rings. The van der Waals surface area contributed by atoms with E-state index in [2.05, 4.69) is 33.2 Å². The zero-order valence-electron chi connectivity index (χ0n) is 23.7. The predicted octanol–water partition coefficient (Wildman–Crippen LogP) is 2.55. The summed E-state index contributed by atoms with van der Waals surface area (Å²) in [5.74, 6) is -3.44. The number of para-hydroxylation sites is 1. The second-order valence-electron chi connectivity index (χ2n) is 10.1. The molecule has 2 rings (SSSR count). The molecule has 0 radical (unpaired) electrons. The number of hydrogen-bond donors (Lipinski definition) is 6. The van der Waals surface area contributed by atoms with E-state index in [9.17, 15) is 24.0 Å². The van der Waals surface area contributed by atoms with Crippen molar-refractivity contribution >= 4 is 40.5 Å². The van der Waals surface area contributed by atoms with Gasteiger partial charge in [-0.2, -0.15) is 0 Å². The molecule has 11 nitrogen and oxygen atoms in total. The van der Waals surface area contributed by atoms with Crippen LogP contribution in [0.3, 0.4) is 0 Å². The van der Waals surface area contributed by atoms with Gasteiger partial charge in [0.25, 0.3) is 0 Å². The van der Waals surface area contributed by atoms with E-state index >= 15 is 0 Å². The number of nitrogens with one attached hydrogen (secondary N) is 5. The third-order valence-corrected chi connectivity index (χ3v) is 6.77. The predicted molar refractivity (Wildman–Crippen MR) is 152 cm³/mol. The van der Waals surface area contributed by atoms with Crippen LogP contribution in [-0.2, 0) is 30.4 Å². The van der Waals surface area contributed by atoms with E-state index in [4.69, 9.17) is 5.11 Å². The summed E-state index contributed by atoms with van der Waals surface area (Å²) in [6, 6.07) is 4.30. The molecule has 1 aromatic carbocycles. The molecule has 40 heavy (non-hydrogen) atoms. The number of aromatic amines is 1. The highest BCUT2D eigenvalue weighted by atomic mass is 16.4. The Labute approximate surface area is 235 Å². The lowest BCUT2D eigenvalue weighted by Gasteiger charge is -2.23. The molecule has 0 aliphatic heterocycles. The van der Waals surface area contributed by atoms with Crippen molar-refractivity contribution in [3.63, 3.8) is 0 Å². The average molecular weight is 558 g/mol. The molecule has 0 saturated heterocycles. The van der Waals surface area contributed by atoms with Crippen molar-refractivity contribution in [2.24, 2.45) is 0 Å². The molecule has 1 aromatic heterocycles. The minimum atomic E-state index is -1.29. The van der Waals surface area contributed by atoms with Gasteiger partial charge in [-0.1, -0.05) is 63.6 Å². The van der Waals surface area contributed by atoms with Gasteiger partial charge in [-0.3, -0.25) is 24.0 Å². The van der Waals surface area contributed by atoms with Crippen molar-refractivity contribution in [2.75, 3.05) is 7.05 Å². The molecular weight excluding hydrogens is 514 g/mol. The van der Waals surface area contributed by atoms with Crippen LogP contribution in [0.25, 0.3) is 10.9 Å². The van der Waals surface area contributed by atoms with Crippen molar-refractivity contribution in [3.8, 4) is 0 Å². The summed E-state index contributed by atoms with van der Waals surface area (Å²) in [7, 11) is 1.33. The van der Waals surface area contributed by atoms with Gasteiger partial charge in [-0.25, -0.2) is 0 Å². The number of carboxylic acids is 1. The number of amides is 4. The van der Waals surface area contributed by atoms with Gasteiger partial charge in [0.2, 0.25) is 23.6 Å². The molecule has 0 bridgehead atoms. The number of hydrogen-bond acceptors (Lipinski definition) is 5. The Balaban J connectivity index is 2.05. The van der Waals surface area contributed by atoms with Crippen molar-refractivity contribution in [1.29, 1.82) is 0 Å². The Morgan fingerprint density at radius 1 is 0.850 bits per heavy atom. The van der Waals surface area contributed by atoms with Gasteiger partial charge < -0.3 is 31.4 Å². The first-order chi connectivity index (χ1) is 19.2. The highest BCUT2D eigenvalue weighted by Gasteiger charge is 2.28. The maximum atomic E-state index is 13.3. The van der Waals surface area contributed by atoms with E-state index < -0.39 is 48.2 Å². The number of rotatable bonds is 18. The van der Waals surface area contributed by atoms with Crippen molar-refractivity contribution in [3.05, 3.63) is 36.0 Å². The Kier molecular flexibility index (Phi) is 13.7. The molecule has 3 unspecified atom stereocenters. The summed E-state index contributed by atoms with van der Waals surface area (Å²) in [6.45, 7) is 3.60. The number of carbonyl (C=O) groups excluding carboxylic acids is 4. The first-order valence-electron chi connectivity index (χ1n) is 14.0. The Bertz CT molecular complexity index is 1150. The van der Waals surface area contributed by atoms with Crippen molar-refractivity contribution < 1.29 is 29.1 Å². The van der Waals surface area contributed by atoms with E-state index in [1.807, 2.05) is 24.3 Å². The van der Waals surface area contributed by atoms with Gasteiger partial charge in [0.05, 0.1) is 6.42 Å². The molecule has 0 spiro atoms. The average Bonchev–Trinajstić information content (AvgIpc) is 3.33. The van der Waals surface area contributed by atoms with E-state index in [0.29, 0.717) is 6.42 Å². The normalized spacial score (nSPS) is 13.2. The summed E-state index contributed by atoms with van der Waals surface area (Å²) < 4.78 is 0. The number of carboxylic acid groups (broad SMARTS) is 1.